The molecule has 1 aromatic heterocycles. The zero-order valence-electron chi connectivity index (χ0n) is 12.7. The van der Waals surface area contributed by atoms with E-state index in [0.29, 0.717) is 12.2 Å². The molecule has 1 aliphatic rings. The summed E-state index contributed by atoms with van der Waals surface area (Å²) in [5.74, 6) is 0.428. The molecule has 0 radical (unpaired) electrons. The first-order valence-corrected chi connectivity index (χ1v) is 9.16. The van der Waals surface area contributed by atoms with Crippen LogP contribution in [0.5, 0.6) is 0 Å². The maximum Gasteiger partial charge on any atom is 0.230 e. The van der Waals surface area contributed by atoms with Crippen LogP contribution >= 0.6 is 23.1 Å². The van der Waals surface area contributed by atoms with Gasteiger partial charge in [0.1, 0.15) is 0 Å². The Labute approximate surface area is 142 Å². The van der Waals surface area contributed by atoms with E-state index >= 15 is 0 Å². The van der Waals surface area contributed by atoms with Crippen LogP contribution in [0.25, 0.3) is 10.2 Å². The van der Waals surface area contributed by atoms with Crippen molar-refractivity contribution in [3.8, 4) is 0 Å². The number of rotatable bonds is 6. The van der Waals surface area contributed by atoms with E-state index < -0.39 is 0 Å². The number of nitrogens with zero attached hydrogens (tertiary/aromatic N) is 2. The Morgan fingerprint density at radius 2 is 2.43 bits per heavy atom. The van der Waals surface area contributed by atoms with Crippen molar-refractivity contribution in [3.63, 3.8) is 0 Å². The summed E-state index contributed by atoms with van der Waals surface area (Å²) < 4.78 is 1.86. The first-order chi connectivity index (χ1) is 11.1. The predicted octanol–water partition coefficient (Wildman–Crippen LogP) is 1.78. The summed E-state index contributed by atoms with van der Waals surface area (Å²) in [5, 5.41) is 5.69. The van der Waals surface area contributed by atoms with Crippen LogP contribution in [0.2, 0.25) is 0 Å². The van der Waals surface area contributed by atoms with E-state index in [1.807, 2.05) is 18.2 Å². The molecule has 1 aliphatic heterocycles. The second-order valence-electron chi connectivity index (χ2n) is 5.53. The number of nitrogens with one attached hydrogen (secondary N) is 2. The van der Waals surface area contributed by atoms with Gasteiger partial charge < -0.3 is 15.5 Å². The summed E-state index contributed by atoms with van der Waals surface area (Å²) in [4.78, 5) is 29.2. The number of aromatic nitrogens is 1. The maximum atomic E-state index is 12.0. The molecule has 6 nitrogen and oxygen atoms in total. The highest BCUT2D eigenvalue weighted by Crippen LogP contribution is 2.31. The Morgan fingerprint density at radius 3 is 3.17 bits per heavy atom. The minimum Gasteiger partial charge on any atom is -0.351 e. The monoisotopic (exact) mass is 350 g/mol. The molecule has 8 heteroatoms. The van der Waals surface area contributed by atoms with E-state index in [-0.39, 0.29) is 11.9 Å². The Hall–Kier alpha value is -1.64. The molecule has 2 heterocycles. The van der Waals surface area contributed by atoms with E-state index in [9.17, 15) is 9.59 Å². The number of fused-ring (bicyclic) bond motifs is 1. The molecule has 0 aliphatic carbocycles. The minimum atomic E-state index is 0.0536. The fourth-order valence-corrected chi connectivity index (χ4v) is 4.49. The Kier molecular flexibility index (Phi) is 5.14. The van der Waals surface area contributed by atoms with Crippen LogP contribution in [0.4, 0.5) is 5.69 Å². The van der Waals surface area contributed by atoms with Gasteiger partial charge in [-0.2, -0.15) is 0 Å². The summed E-state index contributed by atoms with van der Waals surface area (Å²) in [6.07, 6.45) is 1.67. The van der Waals surface area contributed by atoms with Gasteiger partial charge in [0.25, 0.3) is 0 Å². The molecular weight excluding hydrogens is 332 g/mol. The lowest BCUT2D eigenvalue weighted by Crippen LogP contribution is -2.37. The molecule has 0 spiro atoms. The molecule has 1 aromatic carbocycles. The molecule has 1 atom stereocenters. The van der Waals surface area contributed by atoms with Gasteiger partial charge in [-0.25, -0.2) is 4.98 Å². The van der Waals surface area contributed by atoms with Gasteiger partial charge in [0.2, 0.25) is 12.3 Å². The SMILES string of the molecule is CN1CCC(NC(=O)CSc2nc3ccc(NC=O)cc3s2)C1. The van der Waals surface area contributed by atoms with Gasteiger partial charge in [0.05, 0.1) is 16.0 Å². The predicted molar refractivity (Wildman–Crippen MR) is 94.1 cm³/mol. The van der Waals surface area contributed by atoms with Crippen LogP contribution in [0, 0.1) is 0 Å². The number of thioether (sulfide) groups is 1. The molecule has 23 heavy (non-hydrogen) atoms. The quantitative estimate of drug-likeness (QED) is 0.614. The van der Waals surface area contributed by atoms with Crippen molar-refractivity contribution in [2.75, 3.05) is 31.2 Å². The number of carbonyl (C=O) groups excluding carboxylic acids is 2. The lowest BCUT2D eigenvalue weighted by molar-refractivity contribution is -0.119. The number of carbonyl (C=O) groups is 2. The highest BCUT2D eigenvalue weighted by atomic mass is 32.2. The molecule has 2 aromatic rings. The van der Waals surface area contributed by atoms with Crippen LogP contribution in [0.3, 0.4) is 0 Å². The van der Waals surface area contributed by atoms with Crippen molar-refractivity contribution < 1.29 is 9.59 Å². The lowest BCUT2D eigenvalue weighted by atomic mass is 10.3. The zero-order chi connectivity index (χ0) is 16.2. The molecular formula is C15H18N4O2S2. The van der Waals surface area contributed by atoms with E-state index in [1.54, 1.807) is 0 Å². The third-order valence-corrected chi connectivity index (χ3v) is 5.84. The maximum absolute atomic E-state index is 12.0. The summed E-state index contributed by atoms with van der Waals surface area (Å²) in [6.45, 7) is 1.96. The van der Waals surface area contributed by atoms with E-state index in [0.717, 1.165) is 39.8 Å². The van der Waals surface area contributed by atoms with Gasteiger partial charge in [0.15, 0.2) is 4.34 Å². The van der Waals surface area contributed by atoms with Crippen molar-refractivity contribution in [3.05, 3.63) is 18.2 Å². The Morgan fingerprint density at radius 1 is 1.57 bits per heavy atom. The van der Waals surface area contributed by atoms with Gasteiger partial charge in [-0.15, -0.1) is 11.3 Å². The Balaban J connectivity index is 1.56. The van der Waals surface area contributed by atoms with Crippen LogP contribution in [-0.4, -0.2) is 54.1 Å². The number of hydrogen-bond donors (Lipinski definition) is 2. The molecule has 1 fully saturated rings. The van der Waals surface area contributed by atoms with Crippen LogP contribution < -0.4 is 10.6 Å². The van der Waals surface area contributed by atoms with Crippen molar-refractivity contribution in [1.82, 2.24) is 15.2 Å². The van der Waals surface area contributed by atoms with Crippen LogP contribution in [-0.2, 0) is 9.59 Å². The average molecular weight is 350 g/mol. The van der Waals surface area contributed by atoms with Crippen LogP contribution in [0.15, 0.2) is 22.5 Å². The van der Waals surface area contributed by atoms with E-state index in [1.165, 1.54) is 23.1 Å². The lowest BCUT2D eigenvalue weighted by Gasteiger charge is -2.12. The van der Waals surface area contributed by atoms with Gasteiger partial charge in [-0.05, 0) is 38.2 Å². The highest BCUT2D eigenvalue weighted by Gasteiger charge is 2.21. The number of thiazole rings is 1. The summed E-state index contributed by atoms with van der Waals surface area (Å²) >= 11 is 2.98. The first kappa shape index (κ1) is 16.2. The number of benzene rings is 1. The first-order valence-electron chi connectivity index (χ1n) is 7.35. The van der Waals surface area contributed by atoms with Crippen molar-refractivity contribution in [2.24, 2.45) is 0 Å². The van der Waals surface area contributed by atoms with Crippen molar-refractivity contribution in [2.45, 2.75) is 16.8 Å². The second-order valence-corrected chi connectivity index (χ2v) is 7.78. The molecule has 122 valence electrons. The second kappa shape index (κ2) is 7.29. The smallest absolute Gasteiger partial charge is 0.230 e. The number of hydrogen-bond acceptors (Lipinski definition) is 6. The Bertz CT molecular complexity index is 719. The summed E-state index contributed by atoms with van der Waals surface area (Å²) in [6, 6.07) is 5.84. The average Bonchev–Trinajstić information content (AvgIpc) is 3.11. The molecule has 2 N–H and O–H groups in total. The number of likely N-dealkylation sites (tertiary alicyclic amines) is 1. The molecule has 0 bridgehead atoms. The summed E-state index contributed by atoms with van der Waals surface area (Å²) in [5.41, 5.74) is 1.63. The van der Waals surface area contributed by atoms with Crippen LogP contribution in [0.1, 0.15) is 6.42 Å². The largest absolute Gasteiger partial charge is 0.351 e. The fraction of sp³-hybridized carbons (Fsp3) is 0.400. The number of anilines is 1. The third kappa shape index (κ3) is 4.21. The van der Waals surface area contributed by atoms with Gasteiger partial charge in [0, 0.05) is 18.3 Å². The highest BCUT2D eigenvalue weighted by molar-refractivity contribution is 8.01. The van der Waals surface area contributed by atoms with Gasteiger partial charge >= 0.3 is 0 Å². The van der Waals surface area contributed by atoms with E-state index in [4.69, 9.17) is 0 Å². The molecule has 1 unspecified atom stereocenters. The normalized spacial score (nSPS) is 18.2. The zero-order valence-corrected chi connectivity index (χ0v) is 14.4. The molecule has 2 amide bonds. The topological polar surface area (TPSA) is 74.3 Å². The fourth-order valence-electron chi connectivity index (χ4n) is 2.57. The van der Waals surface area contributed by atoms with Crippen molar-refractivity contribution >= 4 is 51.3 Å². The summed E-state index contributed by atoms with van der Waals surface area (Å²) in [7, 11) is 2.07. The van der Waals surface area contributed by atoms with Gasteiger partial charge in [-0.3, -0.25) is 9.59 Å². The van der Waals surface area contributed by atoms with Crippen molar-refractivity contribution in [1.29, 1.82) is 0 Å². The third-order valence-electron chi connectivity index (χ3n) is 3.68. The standard InChI is InChI=1S/C15H18N4O2S2/c1-19-5-4-11(7-19)17-14(21)8-22-15-18-12-3-2-10(16-9-20)6-13(12)23-15/h2-3,6,9,11H,4-5,7-8H2,1H3,(H,16,20)(H,17,21). The molecule has 1 saturated heterocycles. The minimum absolute atomic E-state index is 0.0536. The van der Waals surface area contributed by atoms with Gasteiger partial charge in [-0.1, -0.05) is 11.8 Å². The van der Waals surface area contributed by atoms with E-state index in [2.05, 4.69) is 27.6 Å². The number of likely N-dealkylation sites (N-methyl/N-ethyl adjacent to an activating group) is 1. The molecule has 3 rings (SSSR count). The number of amides is 2. The molecule has 0 saturated carbocycles.